The maximum Gasteiger partial charge on any atom is 1.00 e. The van der Waals surface area contributed by atoms with Crippen molar-refractivity contribution in [1.29, 1.82) is 0 Å². The summed E-state index contributed by atoms with van der Waals surface area (Å²) in [5.41, 5.74) is 5.80. The first-order chi connectivity index (χ1) is 30.2. The molecule has 0 aromatic heterocycles. The number of imide groups is 2. The van der Waals surface area contributed by atoms with Crippen molar-refractivity contribution >= 4 is 81.2 Å². The average Bonchev–Trinajstić information content (AvgIpc) is 3.95. The minimum atomic E-state index is -0.425. The van der Waals surface area contributed by atoms with E-state index in [0.717, 1.165) is 77.2 Å². The maximum atomic E-state index is 12.3. The van der Waals surface area contributed by atoms with E-state index in [9.17, 15) is 24.0 Å². The zero-order valence-electron chi connectivity index (χ0n) is 34.9. The van der Waals surface area contributed by atoms with Gasteiger partial charge in [0.25, 0.3) is 17.7 Å². The summed E-state index contributed by atoms with van der Waals surface area (Å²) in [5, 5.41) is 3.28. The number of hydrogen-bond acceptors (Lipinski definition) is 8. The molecule has 3 aliphatic carbocycles. The van der Waals surface area contributed by atoms with Gasteiger partial charge in [-0.25, -0.2) is 0 Å². The Labute approximate surface area is 426 Å². The molecule has 0 fully saturated rings. The van der Waals surface area contributed by atoms with Crippen LogP contribution in [0.3, 0.4) is 0 Å². The summed E-state index contributed by atoms with van der Waals surface area (Å²) >= 11 is 16.5. The summed E-state index contributed by atoms with van der Waals surface area (Å²) in [6.45, 7) is 0. The summed E-state index contributed by atoms with van der Waals surface area (Å²) in [6.07, 6.45) is 22.5. The van der Waals surface area contributed by atoms with Crippen molar-refractivity contribution in [2.45, 2.75) is 75.9 Å². The second-order valence-corrected chi connectivity index (χ2v) is 16.8. The number of carbonyl (C=O) groups is 5. The Morgan fingerprint density at radius 1 is 0.397 bits per heavy atom. The van der Waals surface area contributed by atoms with Gasteiger partial charge in [-0.2, -0.15) is 0 Å². The van der Waals surface area contributed by atoms with E-state index in [4.69, 9.17) is 36.7 Å². The summed E-state index contributed by atoms with van der Waals surface area (Å²) in [5.74, 6) is -1.09. The second kappa shape index (κ2) is 21.0. The molecule has 4 aromatic carbocycles. The third kappa shape index (κ3) is 9.67. The third-order valence-corrected chi connectivity index (χ3v) is 13.0. The molecule has 4 aromatic rings. The van der Waals surface area contributed by atoms with Gasteiger partial charge in [0, 0.05) is 27.8 Å². The number of benzene rings is 4. The van der Waals surface area contributed by atoms with Gasteiger partial charge in [-0.05, 0) is 76.0 Å². The molecule has 0 radical (unpaired) electrons. The first kappa shape index (κ1) is 46.5. The van der Waals surface area contributed by atoms with Gasteiger partial charge in [-0.3, -0.25) is 24.2 Å². The third-order valence-electron chi connectivity index (χ3n) is 11.7. The van der Waals surface area contributed by atoms with Crippen LogP contribution >= 0.6 is 36.7 Å². The van der Waals surface area contributed by atoms with Gasteiger partial charge >= 0.3 is 51.4 Å². The maximum absolute atomic E-state index is 12.3. The molecule has 4 aliphatic heterocycles. The second-order valence-electron chi connectivity index (χ2n) is 15.6. The molecular weight excluding hydrogens is 872 g/mol. The van der Waals surface area contributed by atoms with Crippen LogP contribution in [0.4, 0.5) is 0 Å². The van der Waals surface area contributed by atoms with Crippen LogP contribution in [0.5, 0.6) is 0 Å². The predicted octanol–water partition coefficient (Wildman–Crippen LogP) is 7.14. The van der Waals surface area contributed by atoms with Gasteiger partial charge in [-0.15, -0.1) is 0 Å². The van der Waals surface area contributed by atoms with Crippen molar-refractivity contribution in [2.24, 2.45) is 0 Å². The van der Waals surface area contributed by atoms with Crippen LogP contribution in [0.15, 0.2) is 134 Å². The molecule has 0 saturated heterocycles. The SMILES string of the molecule is O=C1[N-]C(=O)c2ccccc21.O=C1c2ccccc2C(=O)N1C1C=CCCC1.O=C1c2ccccc2C(=S)N1C1C=CCCC1.S=C1c2ccccc2C(=S)N1C1C=CCCC1.[K+]. The molecule has 3 unspecified atom stereocenters. The molecule has 312 valence electrons. The molecule has 0 N–H and O–H groups in total. The van der Waals surface area contributed by atoms with E-state index in [1.54, 1.807) is 53.4 Å². The number of rotatable bonds is 3. The van der Waals surface area contributed by atoms with Crippen molar-refractivity contribution in [2.75, 3.05) is 0 Å². The summed E-state index contributed by atoms with van der Waals surface area (Å²) < 4.78 is 0. The standard InChI is InChI=1S/C14H13NO2.C14H13NOS.C14H13NS2.C8H5NO2.K/c3*16-13-11-8-4-5-9-12(11)14(17)15(13)10-6-2-1-3-7-10;10-7-5-3-1-2-4-6(5)8(11)9-7;/h3*2,4-6,8-10H,1,3,7H2;1-4H,(H,9,10,11);/q;;;;+1/p-1. The minimum Gasteiger partial charge on any atom is -0.587 e. The predicted molar refractivity (Wildman–Crippen MR) is 252 cm³/mol. The first-order valence-corrected chi connectivity index (χ1v) is 22.2. The van der Waals surface area contributed by atoms with Crippen LogP contribution in [0.2, 0.25) is 0 Å². The smallest absolute Gasteiger partial charge is 0.587 e. The molecule has 4 heterocycles. The molecule has 0 bridgehead atoms. The Hall–Kier alpha value is -4.44. The topological polar surface area (TPSA) is 109 Å². The number of carbonyl (C=O) groups excluding carboxylic acids is 5. The number of hydrogen-bond donors (Lipinski definition) is 0. The number of nitrogens with zero attached hydrogens (tertiary/aromatic N) is 4. The molecule has 63 heavy (non-hydrogen) atoms. The Bertz CT molecular complexity index is 2260. The molecule has 9 nitrogen and oxygen atoms in total. The van der Waals surface area contributed by atoms with E-state index in [0.29, 0.717) is 33.3 Å². The zero-order valence-corrected chi connectivity index (χ0v) is 40.4. The number of fused-ring (bicyclic) bond motifs is 4. The fraction of sp³-hybridized carbons (Fsp3) is 0.240. The van der Waals surface area contributed by atoms with E-state index in [2.05, 4.69) is 52.7 Å². The van der Waals surface area contributed by atoms with Crippen molar-refractivity contribution < 1.29 is 75.4 Å². The van der Waals surface area contributed by atoms with Crippen LogP contribution in [-0.4, -0.2) is 77.3 Å². The molecule has 0 spiro atoms. The van der Waals surface area contributed by atoms with Crippen LogP contribution in [-0.2, 0) is 0 Å². The van der Waals surface area contributed by atoms with Crippen molar-refractivity contribution in [3.8, 4) is 0 Å². The van der Waals surface area contributed by atoms with E-state index >= 15 is 0 Å². The molecule has 13 heteroatoms. The fourth-order valence-corrected chi connectivity index (χ4v) is 9.89. The average molecular weight is 915 g/mol. The van der Waals surface area contributed by atoms with Gasteiger partial charge in [0.15, 0.2) is 0 Å². The Morgan fingerprint density at radius 2 is 0.683 bits per heavy atom. The van der Waals surface area contributed by atoms with Gasteiger partial charge < -0.3 is 19.8 Å². The molecule has 7 aliphatic rings. The summed E-state index contributed by atoms with van der Waals surface area (Å²) in [7, 11) is 0. The largest absolute Gasteiger partial charge is 1.00 e. The quantitative estimate of drug-likeness (QED) is 0.0918. The van der Waals surface area contributed by atoms with Crippen LogP contribution < -0.4 is 51.4 Å². The van der Waals surface area contributed by atoms with Gasteiger partial charge in [0.05, 0.1) is 46.6 Å². The number of amides is 5. The molecular formula is C50H43KN4O5S3. The van der Waals surface area contributed by atoms with Crippen LogP contribution in [0.25, 0.3) is 5.32 Å². The number of thiocarbonyl (C=S) groups is 3. The van der Waals surface area contributed by atoms with E-state index < -0.39 is 11.8 Å². The zero-order chi connectivity index (χ0) is 43.3. The van der Waals surface area contributed by atoms with Gasteiger partial charge in [0.2, 0.25) is 0 Å². The first-order valence-electron chi connectivity index (χ1n) is 21.0. The molecule has 5 amide bonds. The van der Waals surface area contributed by atoms with Gasteiger partial charge in [0.1, 0.15) is 15.0 Å². The molecule has 11 rings (SSSR count). The Morgan fingerprint density at radius 3 is 1.05 bits per heavy atom. The monoisotopic (exact) mass is 914 g/mol. The van der Waals surface area contributed by atoms with Crippen molar-refractivity contribution in [3.63, 3.8) is 0 Å². The number of allylic oxidation sites excluding steroid dienone is 3. The fourth-order valence-electron chi connectivity index (χ4n) is 8.62. The summed E-state index contributed by atoms with van der Waals surface area (Å²) in [4.78, 5) is 66.2. The molecule has 0 saturated carbocycles. The van der Waals surface area contributed by atoms with Crippen molar-refractivity contribution in [3.05, 3.63) is 183 Å². The van der Waals surface area contributed by atoms with E-state index in [1.807, 2.05) is 42.5 Å². The van der Waals surface area contributed by atoms with Crippen LogP contribution in [0.1, 0.15) is 126 Å². The van der Waals surface area contributed by atoms with Crippen LogP contribution in [0, 0.1) is 0 Å². The normalized spacial score (nSPS) is 21.2. The Balaban J connectivity index is 0.000000127. The Kier molecular flexibility index (Phi) is 15.5. The van der Waals surface area contributed by atoms with Gasteiger partial charge in [-0.1, -0.05) is 152 Å². The minimum absolute atomic E-state index is 0. The van der Waals surface area contributed by atoms with E-state index in [1.165, 1.54) is 17.7 Å². The summed E-state index contributed by atoms with van der Waals surface area (Å²) in [6, 6.07) is 29.9. The van der Waals surface area contributed by atoms with Crippen molar-refractivity contribution in [1.82, 2.24) is 14.7 Å². The molecule has 3 atom stereocenters. The van der Waals surface area contributed by atoms with E-state index in [-0.39, 0.29) is 81.2 Å².